The average molecular weight is 195 g/mol. The van der Waals surface area contributed by atoms with Crippen molar-refractivity contribution in [3.63, 3.8) is 0 Å². The molecule has 0 bridgehead atoms. The number of rotatable bonds is 1. The highest BCUT2D eigenvalue weighted by Crippen LogP contribution is 2.16. The van der Waals surface area contributed by atoms with Gasteiger partial charge in [-0.3, -0.25) is 4.68 Å². The van der Waals surface area contributed by atoms with Crippen molar-refractivity contribution in [1.82, 2.24) is 19.7 Å². The van der Waals surface area contributed by atoms with E-state index in [2.05, 4.69) is 15.1 Å². The molecular formula is C8H7ClN4. The summed E-state index contributed by atoms with van der Waals surface area (Å²) in [5, 5.41) is 4.30. The van der Waals surface area contributed by atoms with E-state index in [9.17, 15) is 0 Å². The summed E-state index contributed by atoms with van der Waals surface area (Å²) in [6.45, 7) is 0. The van der Waals surface area contributed by atoms with Gasteiger partial charge in [0.2, 0.25) is 5.28 Å². The summed E-state index contributed by atoms with van der Waals surface area (Å²) in [4.78, 5) is 7.76. The maximum absolute atomic E-state index is 5.56. The van der Waals surface area contributed by atoms with Gasteiger partial charge < -0.3 is 0 Å². The van der Waals surface area contributed by atoms with Gasteiger partial charge in [0.25, 0.3) is 0 Å². The first-order chi connectivity index (χ1) is 6.25. The molecule has 66 valence electrons. The molecule has 0 N–H and O–H groups in total. The lowest BCUT2D eigenvalue weighted by Crippen LogP contribution is -1.85. The Bertz CT molecular complexity index is 406. The highest BCUT2D eigenvalue weighted by molar-refractivity contribution is 6.28. The van der Waals surface area contributed by atoms with Crippen molar-refractivity contribution in [1.29, 1.82) is 0 Å². The number of aryl methyl sites for hydroxylation is 1. The maximum Gasteiger partial charge on any atom is 0.222 e. The van der Waals surface area contributed by atoms with E-state index in [1.54, 1.807) is 23.3 Å². The van der Waals surface area contributed by atoms with Crippen LogP contribution in [0.2, 0.25) is 5.28 Å². The van der Waals surface area contributed by atoms with Gasteiger partial charge in [-0.25, -0.2) is 9.97 Å². The van der Waals surface area contributed by atoms with E-state index in [4.69, 9.17) is 11.6 Å². The number of hydrogen-bond acceptors (Lipinski definition) is 3. The fraction of sp³-hybridized carbons (Fsp3) is 0.125. The molecular weight excluding hydrogens is 188 g/mol. The quantitative estimate of drug-likeness (QED) is 0.647. The van der Waals surface area contributed by atoms with Gasteiger partial charge in [0.05, 0.1) is 6.20 Å². The summed E-state index contributed by atoms with van der Waals surface area (Å²) in [5.41, 5.74) is 1.90. The van der Waals surface area contributed by atoms with Gasteiger partial charge in [-0.15, -0.1) is 0 Å². The summed E-state index contributed by atoms with van der Waals surface area (Å²) in [6, 6.07) is 0. The lowest BCUT2D eigenvalue weighted by Gasteiger charge is -1.94. The van der Waals surface area contributed by atoms with Crippen molar-refractivity contribution in [2.75, 3.05) is 0 Å². The molecule has 4 nitrogen and oxygen atoms in total. The van der Waals surface area contributed by atoms with Crippen molar-refractivity contribution in [3.8, 4) is 11.1 Å². The molecule has 0 unspecified atom stereocenters. The summed E-state index contributed by atoms with van der Waals surface area (Å²) < 4.78 is 1.73. The second-order valence-electron chi connectivity index (χ2n) is 2.64. The van der Waals surface area contributed by atoms with E-state index in [0.717, 1.165) is 11.1 Å². The van der Waals surface area contributed by atoms with Crippen LogP contribution in [-0.2, 0) is 7.05 Å². The molecule has 0 radical (unpaired) electrons. The summed E-state index contributed by atoms with van der Waals surface area (Å²) in [5.74, 6) is 0. The molecule has 0 spiro atoms. The Kier molecular flexibility index (Phi) is 1.98. The first-order valence-electron chi connectivity index (χ1n) is 3.72. The van der Waals surface area contributed by atoms with Gasteiger partial charge in [0, 0.05) is 36.8 Å². The third-order valence-electron chi connectivity index (χ3n) is 1.66. The van der Waals surface area contributed by atoms with E-state index in [0.29, 0.717) is 0 Å². The van der Waals surface area contributed by atoms with Crippen molar-refractivity contribution in [2.24, 2.45) is 7.05 Å². The Labute approximate surface area is 80.2 Å². The van der Waals surface area contributed by atoms with Gasteiger partial charge in [-0.1, -0.05) is 0 Å². The van der Waals surface area contributed by atoms with E-state index in [1.165, 1.54) is 0 Å². The topological polar surface area (TPSA) is 43.6 Å². The molecule has 0 aliphatic heterocycles. The number of aromatic nitrogens is 4. The fourth-order valence-corrected chi connectivity index (χ4v) is 1.13. The Hall–Kier alpha value is -1.42. The van der Waals surface area contributed by atoms with Crippen LogP contribution in [0.3, 0.4) is 0 Å². The highest BCUT2D eigenvalue weighted by Gasteiger charge is 2.00. The molecule has 0 fully saturated rings. The van der Waals surface area contributed by atoms with E-state index < -0.39 is 0 Å². The third-order valence-corrected chi connectivity index (χ3v) is 1.85. The molecule has 0 aromatic carbocycles. The predicted molar refractivity (Wildman–Crippen MR) is 49.2 cm³/mol. The van der Waals surface area contributed by atoms with Crippen molar-refractivity contribution < 1.29 is 0 Å². The maximum atomic E-state index is 5.56. The molecule has 2 aromatic rings. The number of halogens is 1. The van der Waals surface area contributed by atoms with Crippen LogP contribution in [0.4, 0.5) is 0 Å². The first kappa shape index (κ1) is 8.19. The Morgan fingerprint density at radius 2 is 1.85 bits per heavy atom. The second-order valence-corrected chi connectivity index (χ2v) is 2.98. The van der Waals surface area contributed by atoms with Crippen LogP contribution >= 0.6 is 11.6 Å². The Morgan fingerprint density at radius 3 is 2.38 bits per heavy atom. The first-order valence-corrected chi connectivity index (χ1v) is 4.10. The largest absolute Gasteiger partial charge is 0.275 e. The van der Waals surface area contributed by atoms with Gasteiger partial charge in [-0.2, -0.15) is 5.10 Å². The Balaban J connectivity index is 2.41. The minimum Gasteiger partial charge on any atom is -0.275 e. The van der Waals surface area contributed by atoms with Gasteiger partial charge >= 0.3 is 0 Å². The van der Waals surface area contributed by atoms with Gasteiger partial charge in [-0.05, 0) is 11.6 Å². The molecule has 2 heterocycles. The zero-order chi connectivity index (χ0) is 9.26. The van der Waals surface area contributed by atoms with Crippen LogP contribution in [0.15, 0.2) is 24.8 Å². The average Bonchev–Trinajstić information content (AvgIpc) is 2.53. The standard InChI is InChI=1S/C8H7ClN4/c1-13-5-7(4-12-13)6-2-10-8(9)11-3-6/h2-5H,1H3. The fourth-order valence-electron chi connectivity index (χ4n) is 1.03. The lowest BCUT2D eigenvalue weighted by atomic mass is 10.2. The van der Waals surface area contributed by atoms with Crippen LogP contribution < -0.4 is 0 Å². The second kappa shape index (κ2) is 3.14. The zero-order valence-corrected chi connectivity index (χ0v) is 7.73. The van der Waals surface area contributed by atoms with Crippen LogP contribution in [0, 0.1) is 0 Å². The molecule has 0 saturated heterocycles. The van der Waals surface area contributed by atoms with Crippen molar-refractivity contribution in [3.05, 3.63) is 30.1 Å². The zero-order valence-electron chi connectivity index (χ0n) is 6.98. The molecule has 0 saturated carbocycles. The summed E-state index contributed by atoms with van der Waals surface area (Å²) in [6.07, 6.45) is 7.00. The van der Waals surface area contributed by atoms with Gasteiger partial charge in [0.15, 0.2) is 0 Å². The molecule has 0 aliphatic rings. The monoisotopic (exact) mass is 194 g/mol. The molecule has 13 heavy (non-hydrogen) atoms. The predicted octanol–water partition coefficient (Wildman–Crippen LogP) is 1.53. The molecule has 0 aliphatic carbocycles. The summed E-state index contributed by atoms with van der Waals surface area (Å²) in [7, 11) is 1.86. The molecule has 0 atom stereocenters. The molecule has 5 heteroatoms. The van der Waals surface area contributed by atoms with Crippen LogP contribution in [0.5, 0.6) is 0 Å². The van der Waals surface area contributed by atoms with Gasteiger partial charge in [0.1, 0.15) is 0 Å². The molecule has 0 amide bonds. The lowest BCUT2D eigenvalue weighted by molar-refractivity contribution is 0.768. The van der Waals surface area contributed by atoms with Crippen LogP contribution in [-0.4, -0.2) is 19.7 Å². The Morgan fingerprint density at radius 1 is 1.15 bits per heavy atom. The van der Waals surface area contributed by atoms with Crippen molar-refractivity contribution >= 4 is 11.6 Å². The number of hydrogen-bond donors (Lipinski definition) is 0. The van der Waals surface area contributed by atoms with E-state index >= 15 is 0 Å². The molecule has 2 rings (SSSR count). The molecule has 2 aromatic heterocycles. The summed E-state index contributed by atoms with van der Waals surface area (Å²) >= 11 is 5.56. The normalized spacial score (nSPS) is 10.3. The smallest absolute Gasteiger partial charge is 0.222 e. The minimum absolute atomic E-state index is 0.257. The van der Waals surface area contributed by atoms with E-state index in [-0.39, 0.29) is 5.28 Å². The number of nitrogens with zero attached hydrogens (tertiary/aromatic N) is 4. The third kappa shape index (κ3) is 1.67. The SMILES string of the molecule is Cn1cc(-c2cnc(Cl)nc2)cn1. The minimum atomic E-state index is 0.257. The van der Waals surface area contributed by atoms with E-state index in [1.807, 2.05) is 13.2 Å². The van der Waals surface area contributed by atoms with Crippen molar-refractivity contribution in [2.45, 2.75) is 0 Å². The highest BCUT2D eigenvalue weighted by atomic mass is 35.5. The van der Waals surface area contributed by atoms with Crippen LogP contribution in [0.25, 0.3) is 11.1 Å². The van der Waals surface area contributed by atoms with Crippen LogP contribution in [0.1, 0.15) is 0 Å².